The quantitative estimate of drug-likeness (QED) is 0.631. The molecule has 0 atom stereocenters. The predicted molar refractivity (Wildman–Crippen MR) is 102 cm³/mol. The lowest BCUT2D eigenvalue weighted by molar-refractivity contribution is 0.174. The molecule has 7 nitrogen and oxygen atoms in total. The minimum Gasteiger partial charge on any atom is -0.377 e. The number of nitrogens with zero attached hydrogens (tertiary/aromatic N) is 5. The van der Waals surface area contributed by atoms with Crippen LogP contribution in [0, 0.1) is 0 Å². The zero-order valence-electron chi connectivity index (χ0n) is 14.6. The van der Waals surface area contributed by atoms with E-state index >= 15 is 0 Å². The Morgan fingerprint density at radius 3 is 2.77 bits per heavy atom. The maximum atomic E-state index is 5.28. The normalized spacial score (nSPS) is 15.7. The minimum absolute atomic E-state index is 0.376. The number of piperazine rings is 1. The lowest BCUT2D eigenvalue weighted by atomic mass is 10.2. The van der Waals surface area contributed by atoms with Crippen LogP contribution in [0.25, 0.3) is 10.9 Å². The number of anilines is 1. The van der Waals surface area contributed by atoms with Crippen LogP contribution in [0.4, 0.5) is 5.82 Å². The molecule has 0 aliphatic carbocycles. The molecule has 0 radical (unpaired) electrons. The van der Waals surface area contributed by atoms with Crippen molar-refractivity contribution in [2.45, 2.75) is 13.2 Å². The average molecular weight is 418 g/mol. The number of hydrogen-bond donors (Lipinski definition) is 0. The van der Waals surface area contributed by atoms with Crippen LogP contribution in [0.2, 0.25) is 0 Å². The lowest BCUT2D eigenvalue weighted by Gasteiger charge is -2.34. The molecule has 1 aliphatic rings. The first kappa shape index (κ1) is 17.4. The van der Waals surface area contributed by atoms with Crippen molar-refractivity contribution in [2.75, 3.05) is 38.2 Å². The SMILES string of the molecule is COCc1noc(CN2CCN(c3ccc4cc(Br)ccc4n3)CC2)n1. The molecule has 8 heteroatoms. The monoisotopic (exact) mass is 417 g/mol. The Morgan fingerprint density at radius 1 is 1.12 bits per heavy atom. The van der Waals surface area contributed by atoms with Gasteiger partial charge in [-0.3, -0.25) is 4.90 Å². The number of benzene rings is 1. The molecule has 1 aliphatic heterocycles. The third-order valence-electron chi connectivity index (χ3n) is 4.48. The fraction of sp³-hybridized carbons (Fsp3) is 0.389. The number of pyridine rings is 1. The Balaban J connectivity index is 1.37. The number of halogens is 1. The first-order valence-corrected chi connectivity index (χ1v) is 9.34. The van der Waals surface area contributed by atoms with Gasteiger partial charge in [0.05, 0.1) is 12.1 Å². The molecule has 1 aromatic carbocycles. The van der Waals surface area contributed by atoms with Gasteiger partial charge in [0.2, 0.25) is 5.89 Å². The molecule has 0 saturated carbocycles. The minimum atomic E-state index is 0.376. The summed E-state index contributed by atoms with van der Waals surface area (Å²) in [5.74, 6) is 2.26. The zero-order valence-corrected chi connectivity index (χ0v) is 16.1. The lowest BCUT2D eigenvalue weighted by Crippen LogP contribution is -2.46. The number of rotatable bonds is 5. The Hall–Kier alpha value is -2.03. The van der Waals surface area contributed by atoms with Crippen molar-refractivity contribution in [1.82, 2.24) is 20.0 Å². The maximum absolute atomic E-state index is 5.28. The molecular formula is C18H20BrN5O2. The molecule has 3 heterocycles. The molecule has 26 heavy (non-hydrogen) atoms. The van der Waals surface area contributed by atoms with Crippen LogP contribution < -0.4 is 4.90 Å². The van der Waals surface area contributed by atoms with Gasteiger partial charge in [0.25, 0.3) is 0 Å². The van der Waals surface area contributed by atoms with Gasteiger partial charge in [-0.15, -0.1) is 0 Å². The highest BCUT2D eigenvalue weighted by Crippen LogP contribution is 2.22. The van der Waals surface area contributed by atoms with E-state index in [0.717, 1.165) is 47.4 Å². The van der Waals surface area contributed by atoms with Crippen LogP contribution in [-0.4, -0.2) is 53.3 Å². The van der Waals surface area contributed by atoms with Gasteiger partial charge in [-0.2, -0.15) is 4.98 Å². The number of hydrogen-bond acceptors (Lipinski definition) is 7. The highest BCUT2D eigenvalue weighted by atomic mass is 79.9. The van der Waals surface area contributed by atoms with Crippen molar-refractivity contribution in [3.63, 3.8) is 0 Å². The van der Waals surface area contributed by atoms with E-state index < -0.39 is 0 Å². The fourth-order valence-corrected chi connectivity index (χ4v) is 3.51. The number of methoxy groups -OCH3 is 1. The van der Waals surface area contributed by atoms with E-state index in [1.165, 1.54) is 0 Å². The second-order valence-corrected chi connectivity index (χ2v) is 7.22. The van der Waals surface area contributed by atoms with Crippen LogP contribution >= 0.6 is 15.9 Å². The van der Waals surface area contributed by atoms with Crippen LogP contribution in [0.1, 0.15) is 11.7 Å². The first-order chi connectivity index (χ1) is 12.7. The van der Waals surface area contributed by atoms with Crippen LogP contribution in [0.15, 0.2) is 39.3 Å². The Bertz CT molecular complexity index is 892. The molecule has 136 valence electrons. The van der Waals surface area contributed by atoms with Crippen molar-refractivity contribution in [2.24, 2.45) is 0 Å². The molecule has 0 unspecified atom stereocenters. The molecule has 4 rings (SSSR count). The molecule has 2 aromatic heterocycles. The number of fused-ring (bicyclic) bond motifs is 1. The molecule has 1 fully saturated rings. The fourth-order valence-electron chi connectivity index (χ4n) is 3.13. The molecule has 3 aromatic rings. The standard InChI is InChI=1S/C18H20BrN5O2/c1-25-12-16-21-18(26-22-16)11-23-6-8-24(9-7-23)17-5-2-13-10-14(19)3-4-15(13)20-17/h2-5,10H,6-9,11-12H2,1H3. The molecule has 0 amide bonds. The van der Waals surface area contributed by atoms with Crippen molar-refractivity contribution in [3.05, 3.63) is 46.5 Å². The van der Waals surface area contributed by atoms with Gasteiger partial charge in [-0.05, 0) is 30.3 Å². The van der Waals surface area contributed by atoms with Crippen LogP contribution in [-0.2, 0) is 17.9 Å². The molecule has 0 bridgehead atoms. The smallest absolute Gasteiger partial charge is 0.240 e. The summed E-state index contributed by atoms with van der Waals surface area (Å²) < 4.78 is 11.4. The van der Waals surface area contributed by atoms with E-state index in [2.05, 4.69) is 54.1 Å². The van der Waals surface area contributed by atoms with E-state index in [1.807, 2.05) is 12.1 Å². The van der Waals surface area contributed by atoms with Gasteiger partial charge < -0.3 is 14.2 Å². The summed E-state index contributed by atoms with van der Waals surface area (Å²) >= 11 is 3.50. The largest absolute Gasteiger partial charge is 0.377 e. The maximum Gasteiger partial charge on any atom is 0.240 e. The second-order valence-electron chi connectivity index (χ2n) is 6.31. The van der Waals surface area contributed by atoms with Gasteiger partial charge in [-0.25, -0.2) is 4.98 Å². The van der Waals surface area contributed by atoms with E-state index in [4.69, 9.17) is 14.2 Å². The third-order valence-corrected chi connectivity index (χ3v) is 4.97. The number of aromatic nitrogens is 3. The van der Waals surface area contributed by atoms with E-state index in [-0.39, 0.29) is 0 Å². The predicted octanol–water partition coefficient (Wildman–Crippen LogP) is 2.85. The Labute approximate surface area is 160 Å². The third kappa shape index (κ3) is 3.87. The van der Waals surface area contributed by atoms with Crippen molar-refractivity contribution in [3.8, 4) is 0 Å². The summed E-state index contributed by atoms with van der Waals surface area (Å²) in [5.41, 5.74) is 1.02. The summed E-state index contributed by atoms with van der Waals surface area (Å²) in [5, 5.41) is 5.05. The zero-order chi connectivity index (χ0) is 17.9. The van der Waals surface area contributed by atoms with Crippen molar-refractivity contribution < 1.29 is 9.26 Å². The van der Waals surface area contributed by atoms with Crippen molar-refractivity contribution >= 4 is 32.7 Å². The summed E-state index contributed by atoms with van der Waals surface area (Å²) in [4.78, 5) is 13.8. The molecule has 0 spiro atoms. The topological polar surface area (TPSA) is 67.5 Å². The van der Waals surface area contributed by atoms with Gasteiger partial charge in [0, 0.05) is 43.1 Å². The Morgan fingerprint density at radius 2 is 1.96 bits per heavy atom. The average Bonchev–Trinajstić information content (AvgIpc) is 3.09. The van der Waals surface area contributed by atoms with Gasteiger partial charge in [0.1, 0.15) is 12.4 Å². The highest BCUT2D eigenvalue weighted by Gasteiger charge is 2.20. The van der Waals surface area contributed by atoms with Crippen LogP contribution in [0.3, 0.4) is 0 Å². The summed E-state index contributed by atoms with van der Waals surface area (Å²) in [6, 6.07) is 10.4. The second kappa shape index (κ2) is 7.69. The van der Waals surface area contributed by atoms with Gasteiger partial charge >= 0.3 is 0 Å². The summed E-state index contributed by atoms with van der Waals surface area (Å²) in [7, 11) is 1.62. The van der Waals surface area contributed by atoms with Crippen molar-refractivity contribution in [1.29, 1.82) is 0 Å². The molecule has 0 N–H and O–H groups in total. The van der Waals surface area contributed by atoms with Gasteiger partial charge in [0.15, 0.2) is 5.82 Å². The Kier molecular flexibility index (Phi) is 5.14. The molecule has 1 saturated heterocycles. The van der Waals surface area contributed by atoms with Gasteiger partial charge in [-0.1, -0.05) is 21.1 Å². The summed E-state index contributed by atoms with van der Waals surface area (Å²) in [6.45, 7) is 4.76. The first-order valence-electron chi connectivity index (χ1n) is 8.55. The summed E-state index contributed by atoms with van der Waals surface area (Å²) in [6.07, 6.45) is 0. The van der Waals surface area contributed by atoms with E-state index in [9.17, 15) is 0 Å². The highest BCUT2D eigenvalue weighted by molar-refractivity contribution is 9.10. The van der Waals surface area contributed by atoms with E-state index in [0.29, 0.717) is 24.9 Å². The van der Waals surface area contributed by atoms with Crippen LogP contribution in [0.5, 0.6) is 0 Å². The molecular weight excluding hydrogens is 398 g/mol. The number of ether oxygens (including phenoxy) is 1. The van der Waals surface area contributed by atoms with E-state index in [1.54, 1.807) is 7.11 Å².